The Labute approximate surface area is 117 Å². The van der Waals surface area contributed by atoms with Crippen LogP contribution in [-0.2, 0) is 6.54 Å². The quantitative estimate of drug-likeness (QED) is 0.928. The molecule has 0 amide bonds. The fourth-order valence-electron chi connectivity index (χ4n) is 2.17. The van der Waals surface area contributed by atoms with Crippen molar-refractivity contribution in [3.05, 3.63) is 41.6 Å². The summed E-state index contributed by atoms with van der Waals surface area (Å²) in [4.78, 5) is 4.18. The molecular formula is C15H18N2O3. The predicted molar refractivity (Wildman–Crippen MR) is 73.9 cm³/mol. The van der Waals surface area contributed by atoms with E-state index in [4.69, 9.17) is 13.9 Å². The zero-order chi connectivity index (χ0) is 13.9. The lowest BCUT2D eigenvalue weighted by Gasteiger charge is -2.20. The molecule has 0 spiro atoms. The maximum atomic E-state index is 5.60. The summed E-state index contributed by atoms with van der Waals surface area (Å²) in [5.74, 6) is 3.16. The Bertz CT molecular complexity index is 595. The summed E-state index contributed by atoms with van der Waals surface area (Å²) in [5.41, 5.74) is 1.15. The first-order chi connectivity index (χ1) is 9.72. The molecule has 5 nitrogen and oxygen atoms in total. The van der Waals surface area contributed by atoms with Crippen LogP contribution in [0.4, 0.5) is 0 Å². The van der Waals surface area contributed by atoms with Crippen LogP contribution in [0.3, 0.4) is 0 Å². The lowest BCUT2D eigenvalue weighted by molar-refractivity contribution is 0.171. The van der Waals surface area contributed by atoms with Gasteiger partial charge in [0.1, 0.15) is 19.0 Å². The van der Waals surface area contributed by atoms with Crippen molar-refractivity contribution < 1.29 is 13.9 Å². The summed E-state index contributed by atoms with van der Waals surface area (Å²) < 4.78 is 16.6. The van der Waals surface area contributed by atoms with Gasteiger partial charge in [-0.05, 0) is 31.5 Å². The second-order valence-electron chi connectivity index (χ2n) is 4.87. The van der Waals surface area contributed by atoms with E-state index in [1.807, 2.05) is 25.1 Å². The normalized spacial score (nSPS) is 15.1. The average molecular weight is 274 g/mol. The molecule has 1 atom stereocenters. The molecule has 1 aromatic heterocycles. The largest absolute Gasteiger partial charge is 0.486 e. The molecule has 1 aromatic carbocycles. The van der Waals surface area contributed by atoms with Crippen molar-refractivity contribution in [1.29, 1.82) is 0 Å². The van der Waals surface area contributed by atoms with E-state index >= 15 is 0 Å². The number of nitrogens with zero attached hydrogens (tertiary/aromatic N) is 1. The van der Waals surface area contributed by atoms with Crippen LogP contribution in [0.5, 0.6) is 11.5 Å². The third-order valence-corrected chi connectivity index (χ3v) is 3.29. The Morgan fingerprint density at radius 2 is 2.05 bits per heavy atom. The van der Waals surface area contributed by atoms with Crippen molar-refractivity contribution >= 4 is 0 Å². The Morgan fingerprint density at radius 1 is 1.25 bits per heavy atom. The van der Waals surface area contributed by atoms with Gasteiger partial charge in [-0.1, -0.05) is 6.07 Å². The second-order valence-corrected chi connectivity index (χ2v) is 4.87. The Hall–Kier alpha value is -2.01. The first kappa shape index (κ1) is 13.0. The van der Waals surface area contributed by atoms with E-state index < -0.39 is 0 Å². The first-order valence-corrected chi connectivity index (χ1v) is 6.76. The smallest absolute Gasteiger partial charge is 0.208 e. The van der Waals surface area contributed by atoms with Crippen molar-refractivity contribution in [2.24, 2.45) is 0 Å². The number of ether oxygens (including phenoxy) is 2. The second kappa shape index (κ2) is 5.54. The van der Waals surface area contributed by atoms with Gasteiger partial charge in [-0.3, -0.25) is 0 Å². The van der Waals surface area contributed by atoms with Gasteiger partial charge in [-0.2, -0.15) is 0 Å². The van der Waals surface area contributed by atoms with Crippen LogP contribution in [0.2, 0.25) is 0 Å². The van der Waals surface area contributed by atoms with Crippen LogP contribution in [0.15, 0.2) is 28.8 Å². The molecule has 1 aliphatic rings. The zero-order valence-electron chi connectivity index (χ0n) is 11.7. The molecule has 1 aliphatic heterocycles. The maximum Gasteiger partial charge on any atom is 0.208 e. The van der Waals surface area contributed by atoms with Crippen molar-refractivity contribution in [3.63, 3.8) is 0 Å². The van der Waals surface area contributed by atoms with E-state index in [0.29, 0.717) is 25.6 Å². The van der Waals surface area contributed by atoms with Gasteiger partial charge in [0.15, 0.2) is 11.5 Å². The minimum absolute atomic E-state index is 0.179. The molecular weight excluding hydrogens is 256 g/mol. The predicted octanol–water partition coefficient (Wildman–Crippen LogP) is 2.61. The highest BCUT2D eigenvalue weighted by Crippen LogP contribution is 2.32. The number of aromatic nitrogens is 1. The van der Waals surface area contributed by atoms with Gasteiger partial charge in [0, 0.05) is 6.04 Å². The SMILES string of the molecule is Cc1cnc(CNC(C)c2ccc3c(c2)OCCO3)o1. The van der Waals surface area contributed by atoms with Crippen LogP contribution in [-0.4, -0.2) is 18.2 Å². The lowest BCUT2D eigenvalue weighted by Crippen LogP contribution is -2.19. The van der Waals surface area contributed by atoms with E-state index in [-0.39, 0.29) is 6.04 Å². The van der Waals surface area contributed by atoms with E-state index in [1.165, 1.54) is 0 Å². The van der Waals surface area contributed by atoms with Crippen molar-refractivity contribution in [1.82, 2.24) is 10.3 Å². The van der Waals surface area contributed by atoms with Gasteiger partial charge < -0.3 is 19.2 Å². The average Bonchev–Trinajstić information content (AvgIpc) is 2.90. The highest BCUT2D eigenvalue weighted by atomic mass is 16.6. The molecule has 0 bridgehead atoms. The van der Waals surface area contributed by atoms with Gasteiger partial charge in [-0.25, -0.2) is 4.98 Å². The van der Waals surface area contributed by atoms with Crippen molar-refractivity contribution in [2.45, 2.75) is 26.4 Å². The number of hydrogen-bond acceptors (Lipinski definition) is 5. The number of oxazole rings is 1. The summed E-state index contributed by atoms with van der Waals surface area (Å²) in [6.07, 6.45) is 1.73. The van der Waals surface area contributed by atoms with Crippen molar-refractivity contribution in [2.75, 3.05) is 13.2 Å². The minimum atomic E-state index is 0.179. The third-order valence-electron chi connectivity index (χ3n) is 3.29. The molecule has 2 heterocycles. The first-order valence-electron chi connectivity index (χ1n) is 6.76. The van der Waals surface area contributed by atoms with Gasteiger partial charge in [-0.15, -0.1) is 0 Å². The molecule has 5 heteroatoms. The fourth-order valence-corrected chi connectivity index (χ4v) is 2.17. The molecule has 1 unspecified atom stereocenters. The van der Waals surface area contributed by atoms with E-state index in [0.717, 1.165) is 22.8 Å². The van der Waals surface area contributed by atoms with Crippen LogP contribution >= 0.6 is 0 Å². The van der Waals surface area contributed by atoms with Gasteiger partial charge in [0.25, 0.3) is 0 Å². The highest BCUT2D eigenvalue weighted by molar-refractivity contribution is 5.44. The topological polar surface area (TPSA) is 56.5 Å². The number of fused-ring (bicyclic) bond motifs is 1. The molecule has 1 N–H and O–H groups in total. The summed E-state index contributed by atoms with van der Waals surface area (Å²) in [5, 5.41) is 3.38. The molecule has 106 valence electrons. The summed E-state index contributed by atoms with van der Waals surface area (Å²) in [7, 11) is 0. The molecule has 2 aromatic rings. The van der Waals surface area contributed by atoms with Gasteiger partial charge in [0.2, 0.25) is 5.89 Å². The van der Waals surface area contributed by atoms with Gasteiger partial charge in [0.05, 0.1) is 12.7 Å². The zero-order valence-corrected chi connectivity index (χ0v) is 11.7. The maximum absolute atomic E-state index is 5.60. The van der Waals surface area contributed by atoms with Gasteiger partial charge >= 0.3 is 0 Å². The summed E-state index contributed by atoms with van der Waals surface area (Å²) >= 11 is 0. The Morgan fingerprint density at radius 3 is 2.80 bits per heavy atom. The summed E-state index contributed by atoms with van der Waals surface area (Å²) in [6, 6.07) is 6.20. The van der Waals surface area contributed by atoms with E-state index in [2.05, 4.69) is 17.2 Å². The number of nitrogens with one attached hydrogen (secondary N) is 1. The van der Waals surface area contributed by atoms with E-state index in [1.54, 1.807) is 6.20 Å². The fraction of sp³-hybridized carbons (Fsp3) is 0.400. The lowest BCUT2D eigenvalue weighted by atomic mass is 10.1. The number of rotatable bonds is 4. The number of benzene rings is 1. The molecule has 3 rings (SSSR count). The molecule has 20 heavy (non-hydrogen) atoms. The number of aryl methyl sites for hydroxylation is 1. The molecule has 0 saturated carbocycles. The van der Waals surface area contributed by atoms with Crippen LogP contribution < -0.4 is 14.8 Å². The highest BCUT2D eigenvalue weighted by Gasteiger charge is 2.14. The molecule has 0 fully saturated rings. The Kier molecular flexibility index (Phi) is 3.60. The van der Waals surface area contributed by atoms with Crippen LogP contribution in [0.1, 0.15) is 30.2 Å². The van der Waals surface area contributed by atoms with E-state index in [9.17, 15) is 0 Å². The Balaban J connectivity index is 1.66. The minimum Gasteiger partial charge on any atom is -0.486 e. The third kappa shape index (κ3) is 2.77. The molecule has 0 aliphatic carbocycles. The van der Waals surface area contributed by atoms with Crippen LogP contribution in [0.25, 0.3) is 0 Å². The summed E-state index contributed by atoms with van der Waals surface area (Å²) in [6.45, 7) is 5.81. The number of hydrogen-bond donors (Lipinski definition) is 1. The molecule has 0 radical (unpaired) electrons. The molecule has 0 saturated heterocycles. The monoisotopic (exact) mass is 274 g/mol. The van der Waals surface area contributed by atoms with Crippen LogP contribution in [0, 0.1) is 6.92 Å². The van der Waals surface area contributed by atoms with Crippen molar-refractivity contribution in [3.8, 4) is 11.5 Å². The standard InChI is InChI=1S/C15H18N2O3/c1-10-8-17-15(20-10)9-16-11(2)12-3-4-13-14(7-12)19-6-5-18-13/h3-4,7-8,11,16H,5-6,9H2,1-2H3.